The molecule has 2 fully saturated rings. The molecule has 1 aromatic carbocycles. The third kappa shape index (κ3) is 3.13. The summed E-state index contributed by atoms with van der Waals surface area (Å²) in [4.78, 5) is 16.8. The number of carbonyl (C=O) groups excluding carboxylic acids is 1. The van der Waals surface area contributed by atoms with Crippen LogP contribution in [0.4, 0.5) is 10.1 Å². The monoisotopic (exact) mass is 321 g/mol. The van der Waals surface area contributed by atoms with E-state index in [-0.39, 0.29) is 22.9 Å². The van der Waals surface area contributed by atoms with Gasteiger partial charge >= 0.3 is 0 Å². The Hall–Kier alpha value is -1.82. The molecule has 126 valence electrons. The number of nitrogens with one attached hydrogen (secondary N) is 1. The molecule has 0 radical (unpaired) electrons. The van der Waals surface area contributed by atoms with Gasteiger partial charge in [-0.15, -0.1) is 0 Å². The zero-order chi connectivity index (χ0) is 16.4. The molecule has 1 amide bonds. The van der Waals surface area contributed by atoms with Crippen molar-refractivity contribution in [1.29, 1.82) is 0 Å². The fourth-order valence-corrected chi connectivity index (χ4v) is 3.40. The van der Waals surface area contributed by atoms with Gasteiger partial charge in [-0.1, -0.05) is 0 Å². The lowest BCUT2D eigenvalue weighted by atomic mass is 9.88. The number of hydrogen-bond donors (Lipinski definition) is 1. The van der Waals surface area contributed by atoms with Crippen LogP contribution in [-0.4, -0.2) is 57.2 Å². The number of methoxy groups -OCH3 is 1. The first kappa shape index (κ1) is 16.1. The Kier molecular flexibility index (Phi) is 4.43. The Morgan fingerprint density at radius 3 is 2.61 bits per heavy atom. The van der Waals surface area contributed by atoms with Gasteiger partial charge in [0.15, 0.2) is 11.6 Å². The molecule has 2 saturated heterocycles. The van der Waals surface area contributed by atoms with Crippen LogP contribution in [0.3, 0.4) is 0 Å². The van der Waals surface area contributed by atoms with Crippen molar-refractivity contribution in [2.75, 3.05) is 51.3 Å². The minimum atomic E-state index is -0.354. The number of nitrogens with zero attached hydrogens (tertiary/aromatic N) is 2. The van der Waals surface area contributed by atoms with E-state index in [1.54, 1.807) is 6.07 Å². The average Bonchev–Trinajstić information content (AvgIpc) is 3.02. The van der Waals surface area contributed by atoms with Crippen LogP contribution in [0.15, 0.2) is 18.2 Å². The SMILES string of the molecule is COc1ccc(N2CCN(C(=O)C3(C)CCNC3)CC2)cc1F. The van der Waals surface area contributed by atoms with E-state index in [1.807, 2.05) is 17.9 Å². The molecule has 0 aromatic heterocycles. The Balaban J connectivity index is 1.62. The summed E-state index contributed by atoms with van der Waals surface area (Å²) in [5.74, 6) is 0.139. The van der Waals surface area contributed by atoms with E-state index >= 15 is 0 Å². The first-order chi connectivity index (χ1) is 11.0. The van der Waals surface area contributed by atoms with Crippen LogP contribution < -0.4 is 15.0 Å². The van der Waals surface area contributed by atoms with Crippen LogP contribution in [-0.2, 0) is 4.79 Å². The van der Waals surface area contributed by atoms with Gasteiger partial charge in [0.2, 0.25) is 5.91 Å². The summed E-state index contributed by atoms with van der Waals surface area (Å²) in [5, 5.41) is 3.27. The summed E-state index contributed by atoms with van der Waals surface area (Å²) in [7, 11) is 1.46. The Labute approximate surface area is 136 Å². The zero-order valence-electron chi connectivity index (χ0n) is 13.8. The lowest BCUT2D eigenvalue weighted by molar-refractivity contribution is -0.140. The minimum absolute atomic E-state index is 0.239. The molecule has 2 heterocycles. The maximum atomic E-state index is 13.8. The highest BCUT2D eigenvalue weighted by Gasteiger charge is 2.39. The van der Waals surface area contributed by atoms with Gasteiger partial charge in [0.1, 0.15) is 0 Å². The number of halogens is 1. The number of ether oxygens (including phenoxy) is 1. The van der Waals surface area contributed by atoms with Crippen LogP contribution >= 0.6 is 0 Å². The molecule has 6 heteroatoms. The molecule has 1 N–H and O–H groups in total. The quantitative estimate of drug-likeness (QED) is 0.916. The number of rotatable bonds is 3. The molecule has 2 aliphatic heterocycles. The second kappa shape index (κ2) is 6.35. The number of hydrogen-bond acceptors (Lipinski definition) is 4. The molecular weight excluding hydrogens is 297 g/mol. The van der Waals surface area contributed by atoms with Gasteiger partial charge in [-0.3, -0.25) is 4.79 Å². The molecule has 5 nitrogen and oxygen atoms in total. The highest BCUT2D eigenvalue weighted by atomic mass is 19.1. The first-order valence-electron chi connectivity index (χ1n) is 8.12. The van der Waals surface area contributed by atoms with Crippen molar-refractivity contribution in [3.05, 3.63) is 24.0 Å². The molecule has 0 aliphatic carbocycles. The summed E-state index contributed by atoms with van der Waals surface area (Å²) >= 11 is 0. The lowest BCUT2D eigenvalue weighted by Crippen LogP contribution is -2.53. The fraction of sp³-hybridized carbons (Fsp3) is 0.588. The molecule has 0 bridgehead atoms. The van der Waals surface area contributed by atoms with Crippen LogP contribution in [0.25, 0.3) is 0 Å². The molecule has 23 heavy (non-hydrogen) atoms. The molecule has 2 aliphatic rings. The van der Waals surface area contributed by atoms with Crippen molar-refractivity contribution in [2.24, 2.45) is 5.41 Å². The predicted molar refractivity (Wildman–Crippen MR) is 87.3 cm³/mol. The number of carbonyl (C=O) groups is 1. The van der Waals surface area contributed by atoms with E-state index in [1.165, 1.54) is 13.2 Å². The highest BCUT2D eigenvalue weighted by Crippen LogP contribution is 2.29. The third-order valence-corrected chi connectivity index (χ3v) is 4.95. The maximum Gasteiger partial charge on any atom is 0.229 e. The van der Waals surface area contributed by atoms with E-state index in [0.717, 1.165) is 38.3 Å². The standard InChI is InChI=1S/C17H24FN3O2/c1-17(5-6-19-12-17)16(22)21-9-7-20(8-10-21)13-3-4-15(23-2)14(18)11-13/h3-4,11,19H,5-10,12H2,1-2H3. The normalized spacial score (nSPS) is 24.8. The summed E-state index contributed by atoms with van der Waals surface area (Å²) in [6.45, 7) is 6.52. The molecular formula is C17H24FN3O2. The summed E-state index contributed by atoms with van der Waals surface area (Å²) in [6, 6.07) is 5.01. The molecule has 1 unspecified atom stereocenters. The Morgan fingerprint density at radius 2 is 2.04 bits per heavy atom. The lowest BCUT2D eigenvalue weighted by Gasteiger charge is -2.39. The largest absolute Gasteiger partial charge is 0.494 e. The van der Waals surface area contributed by atoms with E-state index < -0.39 is 0 Å². The Morgan fingerprint density at radius 1 is 1.30 bits per heavy atom. The van der Waals surface area contributed by atoms with Crippen molar-refractivity contribution in [3.8, 4) is 5.75 Å². The number of amides is 1. The topological polar surface area (TPSA) is 44.8 Å². The zero-order valence-corrected chi connectivity index (χ0v) is 13.8. The predicted octanol–water partition coefficient (Wildman–Crippen LogP) is 1.48. The van der Waals surface area contributed by atoms with E-state index in [0.29, 0.717) is 13.1 Å². The van der Waals surface area contributed by atoms with Crippen LogP contribution in [0.2, 0.25) is 0 Å². The minimum Gasteiger partial charge on any atom is -0.494 e. The van der Waals surface area contributed by atoms with Crippen molar-refractivity contribution >= 4 is 11.6 Å². The number of anilines is 1. The smallest absolute Gasteiger partial charge is 0.229 e. The van der Waals surface area contributed by atoms with Gasteiger partial charge in [0, 0.05) is 44.5 Å². The van der Waals surface area contributed by atoms with Gasteiger partial charge < -0.3 is 19.9 Å². The second-order valence-electron chi connectivity index (χ2n) is 6.59. The summed E-state index contributed by atoms with van der Waals surface area (Å²) in [5.41, 5.74) is 0.568. The number of benzene rings is 1. The van der Waals surface area contributed by atoms with Crippen molar-refractivity contribution in [1.82, 2.24) is 10.2 Å². The van der Waals surface area contributed by atoms with Crippen LogP contribution in [0.1, 0.15) is 13.3 Å². The molecule has 3 rings (SSSR count). The van der Waals surface area contributed by atoms with Crippen molar-refractivity contribution in [3.63, 3.8) is 0 Å². The second-order valence-corrected chi connectivity index (χ2v) is 6.59. The summed E-state index contributed by atoms with van der Waals surface area (Å²) in [6.07, 6.45) is 0.899. The summed E-state index contributed by atoms with van der Waals surface area (Å²) < 4.78 is 18.8. The molecule has 0 spiro atoms. The first-order valence-corrected chi connectivity index (χ1v) is 8.12. The van der Waals surface area contributed by atoms with Gasteiger partial charge in [0.25, 0.3) is 0 Å². The van der Waals surface area contributed by atoms with Gasteiger partial charge in [-0.25, -0.2) is 4.39 Å². The molecule has 1 atom stereocenters. The maximum absolute atomic E-state index is 13.8. The average molecular weight is 321 g/mol. The molecule has 1 aromatic rings. The van der Waals surface area contributed by atoms with Crippen molar-refractivity contribution in [2.45, 2.75) is 13.3 Å². The number of piperazine rings is 1. The van der Waals surface area contributed by atoms with E-state index in [4.69, 9.17) is 4.74 Å². The van der Waals surface area contributed by atoms with E-state index in [2.05, 4.69) is 10.2 Å². The Bertz CT molecular complexity index is 579. The van der Waals surface area contributed by atoms with Crippen molar-refractivity contribution < 1.29 is 13.9 Å². The van der Waals surface area contributed by atoms with Gasteiger partial charge in [-0.05, 0) is 32.0 Å². The highest BCUT2D eigenvalue weighted by molar-refractivity contribution is 5.83. The molecule has 0 saturated carbocycles. The third-order valence-electron chi connectivity index (χ3n) is 4.95. The van der Waals surface area contributed by atoms with E-state index in [9.17, 15) is 9.18 Å². The van der Waals surface area contributed by atoms with Gasteiger partial charge in [0.05, 0.1) is 12.5 Å². The van der Waals surface area contributed by atoms with Crippen LogP contribution in [0, 0.1) is 11.2 Å². The van der Waals surface area contributed by atoms with Gasteiger partial charge in [-0.2, -0.15) is 0 Å². The van der Waals surface area contributed by atoms with Crippen LogP contribution in [0.5, 0.6) is 5.75 Å². The fourth-order valence-electron chi connectivity index (χ4n) is 3.40.